The van der Waals surface area contributed by atoms with Gasteiger partial charge in [-0.25, -0.2) is 0 Å². The molecule has 1 aromatic rings. The number of alkyl halides is 3. The van der Waals surface area contributed by atoms with Crippen LogP contribution in [0.5, 0.6) is 0 Å². The Balaban J connectivity index is 1.75. The SMILES string of the molecule is O=C(CCNc1cccc(C(F)(F)F)c1)NC1CCCCC1. The van der Waals surface area contributed by atoms with Gasteiger partial charge >= 0.3 is 6.18 Å². The average molecular weight is 314 g/mol. The maximum atomic E-state index is 12.6. The average Bonchev–Trinajstić information content (AvgIpc) is 2.48. The van der Waals surface area contributed by atoms with Gasteiger partial charge in [0.2, 0.25) is 5.91 Å². The summed E-state index contributed by atoms with van der Waals surface area (Å²) >= 11 is 0. The minimum absolute atomic E-state index is 0.0497. The van der Waals surface area contributed by atoms with Crippen LogP contribution in [0.2, 0.25) is 0 Å². The van der Waals surface area contributed by atoms with Crippen LogP contribution in [0.3, 0.4) is 0 Å². The van der Waals surface area contributed by atoms with Crippen LogP contribution in [0.4, 0.5) is 18.9 Å². The zero-order valence-electron chi connectivity index (χ0n) is 12.4. The van der Waals surface area contributed by atoms with E-state index in [4.69, 9.17) is 0 Å². The fourth-order valence-electron chi connectivity index (χ4n) is 2.67. The maximum Gasteiger partial charge on any atom is 0.416 e. The van der Waals surface area contributed by atoms with E-state index in [1.807, 2.05) is 0 Å². The highest BCUT2D eigenvalue weighted by Crippen LogP contribution is 2.30. The zero-order chi connectivity index (χ0) is 16.0. The summed E-state index contributed by atoms with van der Waals surface area (Å²) in [6.07, 6.45) is 1.46. The number of nitrogens with one attached hydrogen (secondary N) is 2. The van der Waals surface area contributed by atoms with Crippen LogP contribution in [0.15, 0.2) is 24.3 Å². The molecule has 1 aromatic carbocycles. The highest BCUT2D eigenvalue weighted by atomic mass is 19.4. The first-order valence-corrected chi connectivity index (χ1v) is 7.65. The van der Waals surface area contributed by atoms with Crippen molar-refractivity contribution in [2.75, 3.05) is 11.9 Å². The van der Waals surface area contributed by atoms with Gasteiger partial charge in [-0.15, -0.1) is 0 Å². The molecule has 0 atom stereocenters. The first kappa shape index (κ1) is 16.6. The molecule has 0 aliphatic heterocycles. The molecular weight excluding hydrogens is 293 g/mol. The van der Waals surface area contributed by atoms with Gasteiger partial charge in [-0.3, -0.25) is 4.79 Å². The number of rotatable bonds is 5. The molecule has 3 nitrogen and oxygen atoms in total. The highest BCUT2D eigenvalue weighted by molar-refractivity contribution is 5.76. The summed E-state index contributed by atoms with van der Waals surface area (Å²) in [6, 6.07) is 5.26. The van der Waals surface area contributed by atoms with Crippen molar-refractivity contribution in [3.05, 3.63) is 29.8 Å². The van der Waals surface area contributed by atoms with Crippen molar-refractivity contribution in [1.82, 2.24) is 5.32 Å². The molecule has 0 bridgehead atoms. The number of benzene rings is 1. The number of hydrogen-bond acceptors (Lipinski definition) is 2. The maximum absolute atomic E-state index is 12.6. The van der Waals surface area contributed by atoms with Crippen molar-refractivity contribution >= 4 is 11.6 Å². The summed E-state index contributed by atoms with van der Waals surface area (Å²) in [5, 5.41) is 5.85. The zero-order valence-corrected chi connectivity index (χ0v) is 12.4. The van der Waals surface area contributed by atoms with E-state index in [-0.39, 0.29) is 18.4 Å². The van der Waals surface area contributed by atoms with Gasteiger partial charge in [0.05, 0.1) is 5.56 Å². The number of carbonyl (C=O) groups excluding carboxylic acids is 1. The summed E-state index contributed by atoms with van der Waals surface area (Å²) < 4.78 is 37.8. The lowest BCUT2D eigenvalue weighted by atomic mass is 9.95. The smallest absolute Gasteiger partial charge is 0.385 e. The summed E-state index contributed by atoms with van der Waals surface area (Å²) in [5.41, 5.74) is -0.315. The van der Waals surface area contributed by atoms with E-state index in [2.05, 4.69) is 10.6 Å². The van der Waals surface area contributed by atoms with Crippen LogP contribution >= 0.6 is 0 Å². The fraction of sp³-hybridized carbons (Fsp3) is 0.562. The molecule has 1 saturated carbocycles. The van der Waals surface area contributed by atoms with Gasteiger partial charge in [0.25, 0.3) is 0 Å². The monoisotopic (exact) mass is 314 g/mol. The van der Waals surface area contributed by atoms with Crippen LogP contribution < -0.4 is 10.6 Å². The van der Waals surface area contributed by atoms with Crippen molar-refractivity contribution in [3.63, 3.8) is 0 Å². The number of amides is 1. The van der Waals surface area contributed by atoms with E-state index in [0.717, 1.165) is 37.8 Å². The van der Waals surface area contributed by atoms with E-state index in [1.165, 1.54) is 12.5 Å². The van der Waals surface area contributed by atoms with Gasteiger partial charge in [0.1, 0.15) is 0 Å². The molecule has 2 N–H and O–H groups in total. The van der Waals surface area contributed by atoms with E-state index in [9.17, 15) is 18.0 Å². The van der Waals surface area contributed by atoms with E-state index >= 15 is 0 Å². The Kier molecular flexibility index (Phi) is 5.69. The van der Waals surface area contributed by atoms with Crippen molar-refractivity contribution < 1.29 is 18.0 Å². The van der Waals surface area contributed by atoms with Crippen LogP contribution in [-0.4, -0.2) is 18.5 Å². The molecule has 2 rings (SSSR count). The van der Waals surface area contributed by atoms with Gasteiger partial charge < -0.3 is 10.6 Å². The Morgan fingerprint density at radius 2 is 1.91 bits per heavy atom. The van der Waals surface area contributed by atoms with Crippen LogP contribution in [0.1, 0.15) is 44.1 Å². The minimum atomic E-state index is -4.35. The molecule has 0 aromatic heterocycles. The Morgan fingerprint density at radius 1 is 1.18 bits per heavy atom. The van der Waals surface area contributed by atoms with E-state index in [0.29, 0.717) is 12.2 Å². The largest absolute Gasteiger partial charge is 0.416 e. The molecule has 0 unspecified atom stereocenters. The lowest BCUT2D eigenvalue weighted by Gasteiger charge is -2.22. The molecule has 0 heterocycles. The van der Waals surface area contributed by atoms with Gasteiger partial charge in [0, 0.05) is 24.7 Å². The van der Waals surface area contributed by atoms with Crippen LogP contribution in [0.25, 0.3) is 0 Å². The minimum Gasteiger partial charge on any atom is -0.385 e. The second kappa shape index (κ2) is 7.51. The molecule has 1 fully saturated rings. The lowest BCUT2D eigenvalue weighted by Crippen LogP contribution is -2.36. The molecule has 0 saturated heterocycles. The normalized spacial score (nSPS) is 16.3. The Hall–Kier alpha value is -1.72. The topological polar surface area (TPSA) is 41.1 Å². The molecule has 22 heavy (non-hydrogen) atoms. The van der Waals surface area contributed by atoms with Crippen molar-refractivity contribution in [2.45, 2.75) is 50.7 Å². The third-order valence-electron chi connectivity index (χ3n) is 3.84. The highest BCUT2D eigenvalue weighted by Gasteiger charge is 2.30. The quantitative estimate of drug-likeness (QED) is 0.864. The lowest BCUT2D eigenvalue weighted by molar-refractivity contribution is -0.137. The summed E-state index contributed by atoms with van der Waals surface area (Å²) in [7, 11) is 0. The molecule has 122 valence electrons. The molecule has 6 heteroatoms. The van der Waals surface area contributed by atoms with Crippen molar-refractivity contribution in [1.29, 1.82) is 0 Å². The number of anilines is 1. The first-order valence-electron chi connectivity index (χ1n) is 7.65. The first-order chi connectivity index (χ1) is 10.4. The number of halogens is 3. The molecule has 1 amide bonds. The standard InChI is InChI=1S/C16H21F3N2O/c17-16(18,19)12-5-4-8-14(11-12)20-10-9-15(22)21-13-6-2-1-3-7-13/h4-5,8,11,13,20H,1-3,6-7,9-10H2,(H,21,22). The Labute approximate surface area is 128 Å². The van der Waals surface area contributed by atoms with Gasteiger partial charge in [0.15, 0.2) is 0 Å². The molecule has 1 aliphatic rings. The van der Waals surface area contributed by atoms with Crippen LogP contribution in [0, 0.1) is 0 Å². The van der Waals surface area contributed by atoms with E-state index in [1.54, 1.807) is 6.07 Å². The predicted molar refractivity (Wildman–Crippen MR) is 79.6 cm³/mol. The molecule has 1 aliphatic carbocycles. The Bertz CT molecular complexity index is 496. The third-order valence-corrected chi connectivity index (χ3v) is 3.84. The number of hydrogen-bond donors (Lipinski definition) is 2. The molecule has 0 radical (unpaired) electrons. The van der Waals surface area contributed by atoms with Crippen molar-refractivity contribution in [2.24, 2.45) is 0 Å². The summed E-state index contributed by atoms with van der Waals surface area (Å²) in [6.45, 7) is 0.319. The number of carbonyl (C=O) groups is 1. The second-order valence-electron chi connectivity index (χ2n) is 5.66. The van der Waals surface area contributed by atoms with Crippen LogP contribution in [-0.2, 0) is 11.0 Å². The predicted octanol–water partition coefficient (Wildman–Crippen LogP) is 3.96. The second-order valence-corrected chi connectivity index (χ2v) is 5.66. The third kappa shape index (κ3) is 5.24. The van der Waals surface area contributed by atoms with Gasteiger partial charge in [-0.1, -0.05) is 25.3 Å². The van der Waals surface area contributed by atoms with Gasteiger partial charge in [-0.2, -0.15) is 13.2 Å². The van der Waals surface area contributed by atoms with Gasteiger partial charge in [-0.05, 0) is 31.0 Å². The van der Waals surface area contributed by atoms with E-state index < -0.39 is 11.7 Å². The summed E-state index contributed by atoms with van der Waals surface area (Å²) in [5.74, 6) is -0.0497. The molecular formula is C16H21F3N2O. The molecule has 0 spiro atoms. The fourth-order valence-corrected chi connectivity index (χ4v) is 2.67. The Morgan fingerprint density at radius 3 is 2.59 bits per heavy atom. The van der Waals surface area contributed by atoms with Crippen molar-refractivity contribution in [3.8, 4) is 0 Å². The summed E-state index contributed by atoms with van der Waals surface area (Å²) in [4.78, 5) is 11.8.